The molecule has 8 nitrogen and oxygen atoms in total. The summed E-state index contributed by atoms with van der Waals surface area (Å²) in [6.07, 6.45) is 1.81. The molecule has 0 unspecified atom stereocenters. The van der Waals surface area contributed by atoms with Gasteiger partial charge in [0.05, 0.1) is 39.2 Å². The molecule has 31 heavy (non-hydrogen) atoms. The molecule has 0 spiro atoms. The van der Waals surface area contributed by atoms with Crippen molar-refractivity contribution in [2.45, 2.75) is 18.9 Å². The standard InChI is InChI=1S/C23H25NO7/c1-28-21(26)12-18(16-10-15-4-2-3-5-20(15)30-14-16)23-22(27)19(25)11-17(31-23)13-24-6-8-29-9-7-24/h2-5,10-11,18,27H,6-9,12-14H2,1H3/t18-/m0/s1. The molecule has 3 heterocycles. The summed E-state index contributed by atoms with van der Waals surface area (Å²) in [4.78, 5) is 26.8. The van der Waals surface area contributed by atoms with Crippen molar-refractivity contribution >= 4 is 12.0 Å². The predicted molar refractivity (Wildman–Crippen MR) is 112 cm³/mol. The summed E-state index contributed by atoms with van der Waals surface area (Å²) < 4.78 is 22.0. The van der Waals surface area contributed by atoms with Gasteiger partial charge in [-0.05, 0) is 17.7 Å². The summed E-state index contributed by atoms with van der Waals surface area (Å²) in [6.45, 7) is 3.29. The normalized spacial score (nSPS) is 17.3. The molecule has 4 rings (SSSR count). The van der Waals surface area contributed by atoms with E-state index in [2.05, 4.69) is 4.90 Å². The number of carbonyl (C=O) groups excluding carboxylic acids is 1. The second-order valence-electron chi connectivity index (χ2n) is 7.56. The Morgan fingerprint density at radius 1 is 1.26 bits per heavy atom. The van der Waals surface area contributed by atoms with Crippen LogP contribution < -0.4 is 10.2 Å². The number of methoxy groups -OCH3 is 1. The highest BCUT2D eigenvalue weighted by Gasteiger charge is 2.30. The first-order valence-corrected chi connectivity index (χ1v) is 10.2. The lowest BCUT2D eigenvalue weighted by Crippen LogP contribution is -2.35. The predicted octanol–water partition coefficient (Wildman–Crippen LogP) is 2.30. The lowest BCUT2D eigenvalue weighted by Gasteiger charge is -2.27. The van der Waals surface area contributed by atoms with Gasteiger partial charge in [0.15, 0.2) is 5.76 Å². The number of fused-ring (bicyclic) bond motifs is 1. The number of nitrogens with zero attached hydrogens (tertiary/aromatic N) is 1. The monoisotopic (exact) mass is 427 g/mol. The molecule has 0 bridgehead atoms. The minimum Gasteiger partial charge on any atom is -0.502 e. The fourth-order valence-corrected chi connectivity index (χ4v) is 3.83. The summed E-state index contributed by atoms with van der Waals surface area (Å²) >= 11 is 0. The molecule has 164 valence electrons. The molecular weight excluding hydrogens is 402 g/mol. The molecular formula is C23H25NO7. The average Bonchev–Trinajstić information content (AvgIpc) is 2.80. The number of rotatable bonds is 6. The molecule has 0 amide bonds. The van der Waals surface area contributed by atoms with E-state index in [1.165, 1.54) is 13.2 Å². The summed E-state index contributed by atoms with van der Waals surface area (Å²) in [5.74, 6) is -0.472. The highest BCUT2D eigenvalue weighted by atomic mass is 16.5. The van der Waals surface area contributed by atoms with Gasteiger partial charge < -0.3 is 23.7 Å². The molecule has 2 aromatic rings. The Bertz CT molecular complexity index is 1040. The number of morpholine rings is 1. The maximum absolute atomic E-state index is 12.5. The SMILES string of the molecule is COC(=O)C[C@@H](C1=Cc2ccccc2OC1)c1oc(CN2CCOCC2)cc(=O)c1O. The third-order valence-electron chi connectivity index (χ3n) is 5.50. The van der Waals surface area contributed by atoms with Gasteiger partial charge in [-0.1, -0.05) is 18.2 Å². The van der Waals surface area contributed by atoms with Gasteiger partial charge in [0.1, 0.15) is 18.1 Å². The zero-order chi connectivity index (χ0) is 21.8. The highest BCUT2D eigenvalue weighted by molar-refractivity contribution is 5.73. The third kappa shape index (κ3) is 4.81. The van der Waals surface area contributed by atoms with Crippen LogP contribution in [0.2, 0.25) is 0 Å². The van der Waals surface area contributed by atoms with Crippen molar-refractivity contribution < 1.29 is 28.5 Å². The number of carbonyl (C=O) groups is 1. The van der Waals surface area contributed by atoms with Gasteiger partial charge in [0.25, 0.3) is 0 Å². The number of ether oxygens (including phenoxy) is 3. The molecule has 8 heteroatoms. The van der Waals surface area contributed by atoms with Gasteiger partial charge in [-0.25, -0.2) is 0 Å². The molecule has 1 aromatic heterocycles. The molecule has 2 aliphatic heterocycles. The lowest BCUT2D eigenvalue weighted by atomic mass is 9.89. The Hall–Kier alpha value is -3.10. The van der Waals surface area contributed by atoms with Crippen LogP contribution >= 0.6 is 0 Å². The van der Waals surface area contributed by atoms with Crippen molar-refractivity contribution in [3.05, 3.63) is 63.2 Å². The fourth-order valence-electron chi connectivity index (χ4n) is 3.83. The first kappa shape index (κ1) is 21.1. The number of esters is 1. The third-order valence-corrected chi connectivity index (χ3v) is 5.50. The zero-order valence-electron chi connectivity index (χ0n) is 17.3. The van der Waals surface area contributed by atoms with Gasteiger partial charge in [-0.2, -0.15) is 0 Å². The minimum atomic E-state index is -0.696. The molecule has 0 aliphatic carbocycles. The Morgan fingerprint density at radius 2 is 2.03 bits per heavy atom. The molecule has 1 fully saturated rings. The summed E-state index contributed by atoms with van der Waals surface area (Å²) in [6, 6.07) is 8.82. The van der Waals surface area contributed by atoms with E-state index in [-0.39, 0.29) is 18.8 Å². The van der Waals surface area contributed by atoms with Crippen LogP contribution in [0.5, 0.6) is 11.5 Å². The van der Waals surface area contributed by atoms with E-state index in [9.17, 15) is 14.7 Å². The smallest absolute Gasteiger partial charge is 0.306 e. The maximum Gasteiger partial charge on any atom is 0.306 e. The molecule has 0 saturated carbocycles. The largest absolute Gasteiger partial charge is 0.502 e. The van der Waals surface area contributed by atoms with Crippen molar-refractivity contribution in [2.75, 3.05) is 40.0 Å². The van der Waals surface area contributed by atoms with Crippen LogP contribution in [0.15, 0.2) is 45.1 Å². The topological polar surface area (TPSA) is 98.4 Å². The number of aromatic hydroxyl groups is 1. The summed E-state index contributed by atoms with van der Waals surface area (Å²) in [5.41, 5.74) is 1.02. The van der Waals surface area contributed by atoms with Crippen LogP contribution in [0.25, 0.3) is 6.08 Å². The van der Waals surface area contributed by atoms with Gasteiger partial charge in [-0.15, -0.1) is 0 Å². The second-order valence-corrected chi connectivity index (χ2v) is 7.56. The molecule has 2 aliphatic rings. The molecule has 1 atom stereocenters. The van der Waals surface area contributed by atoms with Crippen LogP contribution in [-0.4, -0.2) is 56.0 Å². The minimum absolute atomic E-state index is 0.0513. The van der Waals surface area contributed by atoms with E-state index >= 15 is 0 Å². The van der Waals surface area contributed by atoms with E-state index in [1.54, 1.807) is 0 Å². The van der Waals surface area contributed by atoms with Crippen LogP contribution in [0.4, 0.5) is 0 Å². The second kappa shape index (κ2) is 9.36. The van der Waals surface area contributed by atoms with Crippen LogP contribution in [0, 0.1) is 0 Å². The van der Waals surface area contributed by atoms with E-state index in [4.69, 9.17) is 18.6 Å². The summed E-state index contributed by atoms with van der Waals surface area (Å²) in [7, 11) is 1.30. The van der Waals surface area contributed by atoms with Gasteiger partial charge in [-0.3, -0.25) is 14.5 Å². The number of benzene rings is 1. The Balaban J connectivity index is 1.72. The van der Waals surface area contributed by atoms with Crippen LogP contribution in [0.1, 0.15) is 29.4 Å². The van der Waals surface area contributed by atoms with Crippen molar-refractivity contribution in [2.24, 2.45) is 0 Å². The first-order chi connectivity index (χ1) is 15.0. The van der Waals surface area contributed by atoms with Crippen molar-refractivity contribution in [1.29, 1.82) is 0 Å². The van der Waals surface area contributed by atoms with E-state index in [0.29, 0.717) is 31.1 Å². The molecule has 1 N–H and O–H groups in total. The number of para-hydroxylation sites is 1. The maximum atomic E-state index is 12.5. The van der Waals surface area contributed by atoms with Gasteiger partial charge >= 0.3 is 5.97 Å². The quantitative estimate of drug-likeness (QED) is 0.702. The Kier molecular flexibility index (Phi) is 6.39. The molecule has 1 aromatic carbocycles. The zero-order valence-corrected chi connectivity index (χ0v) is 17.3. The first-order valence-electron chi connectivity index (χ1n) is 10.2. The number of hydrogen-bond donors (Lipinski definition) is 1. The molecule has 0 radical (unpaired) electrons. The van der Waals surface area contributed by atoms with Crippen molar-refractivity contribution in [3.8, 4) is 11.5 Å². The van der Waals surface area contributed by atoms with E-state index in [0.717, 1.165) is 24.4 Å². The highest BCUT2D eigenvalue weighted by Crippen LogP contribution is 2.38. The fraction of sp³-hybridized carbons (Fsp3) is 0.391. The van der Waals surface area contributed by atoms with E-state index < -0.39 is 23.1 Å². The Labute approximate surface area is 179 Å². The van der Waals surface area contributed by atoms with Crippen molar-refractivity contribution in [1.82, 2.24) is 4.90 Å². The van der Waals surface area contributed by atoms with Crippen LogP contribution in [-0.2, 0) is 20.8 Å². The van der Waals surface area contributed by atoms with E-state index in [1.807, 2.05) is 30.3 Å². The lowest BCUT2D eigenvalue weighted by molar-refractivity contribution is -0.141. The van der Waals surface area contributed by atoms with Crippen LogP contribution in [0.3, 0.4) is 0 Å². The van der Waals surface area contributed by atoms with Gasteiger partial charge in [0, 0.05) is 24.7 Å². The average molecular weight is 427 g/mol. The summed E-state index contributed by atoms with van der Waals surface area (Å²) in [5, 5.41) is 10.5. The molecule has 1 saturated heterocycles. The number of hydrogen-bond acceptors (Lipinski definition) is 8. The van der Waals surface area contributed by atoms with Crippen molar-refractivity contribution in [3.63, 3.8) is 0 Å². The van der Waals surface area contributed by atoms with Gasteiger partial charge in [0.2, 0.25) is 11.2 Å². The Morgan fingerprint density at radius 3 is 2.81 bits per heavy atom.